The van der Waals surface area contributed by atoms with E-state index >= 15 is 0 Å². The van der Waals surface area contributed by atoms with Gasteiger partial charge in [0.15, 0.2) is 0 Å². The van der Waals surface area contributed by atoms with E-state index in [4.69, 9.17) is 9.84 Å². The predicted molar refractivity (Wildman–Crippen MR) is 88.6 cm³/mol. The third-order valence-electron chi connectivity index (χ3n) is 3.84. The number of rotatable bonds is 9. The molecule has 1 atom stereocenters. The highest BCUT2D eigenvalue weighted by Gasteiger charge is 2.15. The number of hydrogen-bond donors (Lipinski definition) is 3. The van der Waals surface area contributed by atoms with Crippen molar-refractivity contribution in [1.82, 2.24) is 0 Å². The number of carboxylic acids is 1. The highest BCUT2D eigenvalue weighted by Crippen LogP contribution is 2.20. The van der Waals surface area contributed by atoms with Crippen LogP contribution < -0.4 is 10.6 Å². The second kappa shape index (κ2) is 9.22. The minimum absolute atomic E-state index is 0.0486. The van der Waals surface area contributed by atoms with Crippen LogP contribution >= 0.6 is 0 Å². The number of carboxylic acid groups (broad SMARTS) is 1. The molecular formula is C17H23FN2O4. The zero-order chi connectivity index (χ0) is 17.4. The minimum atomic E-state index is -0.872. The fourth-order valence-electron chi connectivity index (χ4n) is 2.55. The van der Waals surface area contributed by atoms with E-state index in [2.05, 4.69) is 10.6 Å². The number of aliphatic carboxylic acids is 1. The van der Waals surface area contributed by atoms with Crippen molar-refractivity contribution in [2.45, 2.75) is 44.6 Å². The van der Waals surface area contributed by atoms with Gasteiger partial charge in [-0.1, -0.05) is 0 Å². The lowest BCUT2D eigenvalue weighted by Gasteiger charge is -2.13. The van der Waals surface area contributed by atoms with Crippen LogP contribution in [0, 0.1) is 5.82 Å². The van der Waals surface area contributed by atoms with E-state index in [0.29, 0.717) is 30.8 Å². The Morgan fingerprint density at radius 2 is 2.08 bits per heavy atom. The molecule has 1 heterocycles. The number of anilines is 2. The van der Waals surface area contributed by atoms with Crippen LogP contribution in [-0.2, 0) is 14.3 Å². The van der Waals surface area contributed by atoms with Gasteiger partial charge in [0.1, 0.15) is 5.82 Å². The van der Waals surface area contributed by atoms with Crippen LogP contribution in [0.3, 0.4) is 0 Å². The van der Waals surface area contributed by atoms with Crippen LogP contribution in [-0.4, -0.2) is 36.2 Å². The molecule has 0 aromatic heterocycles. The Bertz CT molecular complexity index is 574. The topological polar surface area (TPSA) is 87.7 Å². The molecule has 3 N–H and O–H groups in total. The van der Waals surface area contributed by atoms with Crippen LogP contribution in [0.5, 0.6) is 0 Å². The Morgan fingerprint density at radius 1 is 1.29 bits per heavy atom. The lowest BCUT2D eigenvalue weighted by molar-refractivity contribution is -0.137. The molecule has 1 aromatic carbocycles. The highest BCUT2D eigenvalue weighted by atomic mass is 19.1. The molecule has 24 heavy (non-hydrogen) atoms. The molecule has 0 aliphatic carbocycles. The summed E-state index contributed by atoms with van der Waals surface area (Å²) in [4.78, 5) is 22.1. The first-order chi connectivity index (χ1) is 11.5. The highest BCUT2D eigenvalue weighted by molar-refractivity contribution is 5.90. The van der Waals surface area contributed by atoms with E-state index in [1.54, 1.807) is 12.1 Å². The largest absolute Gasteiger partial charge is 0.481 e. The summed E-state index contributed by atoms with van der Waals surface area (Å²) in [6, 6.07) is 4.49. The van der Waals surface area contributed by atoms with Crippen LogP contribution in [0.1, 0.15) is 38.5 Å². The smallest absolute Gasteiger partial charge is 0.303 e. The van der Waals surface area contributed by atoms with Crippen molar-refractivity contribution in [2.24, 2.45) is 0 Å². The number of halogens is 1. The third-order valence-corrected chi connectivity index (χ3v) is 3.84. The average Bonchev–Trinajstić information content (AvgIpc) is 3.04. The quantitative estimate of drug-likeness (QED) is 0.603. The van der Waals surface area contributed by atoms with Crippen LogP contribution in [0.25, 0.3) is 0 Å². The maximum absolute atomic E-state index is 14.1. The number of benzene rings is 1. The molecule has 1 unspecified atom stereocenters. The Kier molecular flexibility index (Phi) is 6.99. The van der Waals surface area contributed by atoms with Crippen molar-refractivity contribution >= 4 is 23.3 Å². The number of carbonyl (C=O) groups is 2. The predicted octanol–water partition coefficient (Wildman–Crippen LogP) is 3.00. The number of ether oxygens (including phenoxy) is 1. The van der Waals surface area contributed by atoms with E-state index < -0.39 is 11.8 Å². The monoisotopic (exact) mass is 338 g/mol. The lowest BCUT2D eigenvalue weighted by atomic mass is 10.2. The molecule has 0 saturated carbocycles. The van der Waals surface area contributed by atoms with E-state index in [9.17, 15) is 14.0 Å². The summed E-state index contributed by atoms with van der Waals surface area (Å²) in [5.74, 6) is -1.56. The summed E-state index contributed by atoms with van der Waals surface area (Å²) in [6.45, 7) is 1.32. The van der Waals surface area contributed by atoms with Gasteiger partial charge in [0.2, 0.25) is 5.91 Å². The van der Waals surface area contributed by atoms with Gasteiger partial charge in [-0.25, -0.2) is 4.39 Å². The second-order valence-corrected chi connectivity index (χ2v) is 5.86. The van der Waals surface area contributed by atoms with Gasteiger partial charge in [-0.3, -0.25) is 9.59 Å². The average molecular weight is 338 g/mol. The van der Waals surface area contributed by atoms with Gasteiger partial charge in [0.05, 0.1) is 11.8 Å². The Labute approximate surface area is 140 Å². The van der Waals surface area contributed by atoms with Gasteiger partial charge in [0.25, 0.3) is 0 Å². The Morgan fingerprint density at radius 3 is 2.75 bits per heavy atom. The molecule has 132 valence electrons. The standard InChI is InChI=1S/C17H23FN2O4/c18-14-10-12(20-16(21)5-1-2-6-17(22)23)7-8-15(14)19-11-13-4-3-9-24-13/h7-8,10,13,19H,1-6,9,11H2,(H,20,21)(H,22,23). The summed E-state index contributed by atoms with van der Waals surface area (Å²) in [7, 11) is 0. The van der Waals surface area contributed by atoms with Crippen LogP contribution in [0.2, 0.25) is 0 Å². The number of carbonyl (C=O) groups excluding carboxylic acids is 1. The van der Waals surface area contributed by atoms with Crippen LogP contribution in [0.15, 0.2) is 18.2 Å². The zero-order valence-electron chi connectivity index (χ0n) is 13.5. The van der Waals surface area contributed by atoms with Crippen molar-refractivity contribution in [1.29, 1.82) is 0 Å². The minimum Gasteiger partial charge on any atom is -0.481 e. The lowest BCUT2D eigenvalue weighted by Crippen LogP contribution is -2.19. The van der Waals surface area contributed by atoms with Crippen molar-refractivity contribution < 1.29 is 23.8 Å². The van der Waals surface area contributed by atoms with Gasteiger partial charge >= 0.3 is 5.97 Å². The summed E-state index contributed by atoms with van der Waals surface area (Å²) in [6.07, 6.45) is 3.33. The second-order valence-electron chi connectivity index (χ2n) is 5.86. The molecule has 0 bridgehead atoms. The molecule has 0 spiro atoms. The van der Waals surface area contributed by atoms with E-state index in [1.807, 2.05) is 0 Å². The molecule has 1 aliphatic heterocycles. The zero-order valence-corrected chi connectivity index (χ0v) is 13.5. The van der Waals surface area contributed by atoms with Crippen molar-refractivity contribution in [3.63, 3.8) is 0 Å². The van der Waals surface area contributed by atoms with Crippen molar-refractivity contribution in [3.05, 3.63) is 24.0 Å². The van der Waals surface area contributed by atoms with E-state index in [-0.39, 0.29) is 24.9 Å². The molecule has 1 aromatic rings. The first-order valence-corrected chi connectivity index (χ1v) is 8.21. The third kappa shape index (κ3) is 6.16. The number of nitrogens with one attached hydrogen (secondary N) is 2. The first-order valence-electron chi connectivity index (χ1n) is 8.21. The van der Waals surface area contributed by atoms with Crippen LogP contribution in [0.4, 0.5) is 15.8 Å². The number of unbranched alkanes of at least 4 members (excludes halogenated alkanes) is 1. The maximum atomic E-state index is 14.1. The normalized spacial score (nSPS) is 16.8. The SMILES string of the molecule is O=C(O)CCCCC(=O)Nc1ccc(NCC2CCCO2)c(F)c1. The summed E-state index contributed by atoms with van der Waals surface area (Å²) < 4.78 is 19.5. The fourth-order valence-corrected chi connectivity index (χ4v) is 2.55. The molecule has 7 heteroatoms. The summed E-state index contributed by atoms with van der Waals surface area (Å²) >= 11 is 0. The molecule has 1 amide bonds. The molecular weight excluding hydrogens is 315 g/mol. The van der Waals surface area contributed by atoms with Gasteiger partial charge in [-0.2, -0.15) is 0 Å². The van der Waals surface area contributed by atoms with Gasteiger partial charge in [0, 0.05) is 31.7 Å². The molecule has 0 radical (unpaired) electrons. The van der Waals surface area contributed by atoms with Crippen molar-refractivity contribution in [3.8, 4) is 0 Å². The van der Waals surface area contributed by atoms with E-state index in [0.717, 1.165) is 19.4 Å². The molecule has 2 rings (SSSR count). The Balaban J connectivity index is 1.76. The number of hydrogen-bond acceptors (Lipinski definition) is 4. The molecule has 6 nitrogen and oxygen atoms in total. The molecule has 1 fully saturated rings. The van der Waals surface area contributed by atoms with Gasteiger partial charge in [-0.05, 0) is 43.9 Å². The number of amides is 1. The summed E-state index contributed by atoms with van der Waals surface area (Å²) in [5, 5.41) is 14.2. The maximum Gasteiger partial charge on any atom is 0.303 e. The van der Waals surface area contributed by atoms with Gasteiger partial charge in [-0.15, -0.1) is 0 Å². The summed E-state index contributed by atoms with van der Waals surface area (Å²) in [5.41, 5.74) is 0.767. The van der Waals surface area contributed by atoms with Gasteiger partial charge < -0.3 is 20.5 Å². The fraction of sp³-hybridized carbons (Fsp3) is 0.529. The van der Waals surface area contributed by atoms with Crippen molar-refractivity contribution in [2.75, 3.05) is 23.8 Å². The Hall–Kier alpha value is -2.15. The molecule has 1 aliphatic rings. The van der Waals surface area contributed by atoms with E-state index in [1.165, 1.54) is 6.07 Å². The molecule has 1 saturated heterocycles. The first kappa shape index (κ1) is 18.2.